The highest BCUT2D eigenvalue weighted by atomic mass is 32.2. The highest BCUT2D eigenvalue weighted by molar-refractivity contribution is 7.99. The summed E-state index contributed by atoms with van der Waals surface area (Å²) in [5, 5.41) is 17.5. The van der Waals surface area contributed by atoms with Crippen LogP contribution in [-0.2, 0) is 4.74 Å². The number of carboxylic acid groups (broad SMARTS) is 1. The molecule has 2 rings (SSSR count). The molecular weight excluding hydrogens is 228 g/mol. The van der Waals surface area contributed by atoms with E-state index in [1.54, 1.807) is 0 Å². The Kier molecular flexibility index (Phi) is 3.74. The fourth-order valence-electron chi connectivity index (χ4n) is 1.52. The Hall–Kier alpha value is -1.14. The monoisotopic (exact) mass is 240 g/mol. The number of rotatable bonds is 3. The minimum absolute atomic E-state index is 0.228. The van der Waals surface area contributed by atoms with E-state index in [4.69, 9.17) is 9.84 Å². The molecule has 6 heteroatoms. The Morgan fingerprint density at radius 1 is 1.50 bits per heavy atom. The van der Waals surface area contributed by atoms with E-state index in [-0.39, 0.29) is 5.56 Å². The third kappa shape index (κ3) is 2.70. The number of carbonyl (C=O) groups is 1. The van der Waals surface area contributed by atoms with Gasteiger partial charge in [0.2, 0.25) is 0 Å². The van der Waals surface area contributed by atoms with Gasteiger partial charge in [-0.05, 0) is 18.9 Å². The van der Waals surface area contributed by atoms with Gasteiger partial charge < -0.3 is 9.84 Å². The van der Waals surface area contributed by atoms with Gasteiger partial charge in [-0.25, -0.2) is 4.79 Å². The third-order valence-electron chi connectivity index (χ3n) is 2.36. The zero-order valence-electron chi connectivity index (χ0n) is 8.63. The van der Waals surface area contributed by atoms with E-state index in [9.17, 15) is 4.79 Å². The highest BCUT2D eigenvalue weighted by Crippen LogP contribution is 2.29. The number of hydrogen-bond acceptors (Lipinski definition) is 5. The summed E-state index contributed by atoms with van der Waals surface area (Å²) in [4.78, 5) is 11.0. The van der Waals surface area contributed by atoms with Crippen molar-refractivity contribution in [2.45, 2.75) is 23.1 Å². The number of ether oxygens (including phenoxy) is 1. The standard InChI is InChI=1S/C10H12N2O3S/c13-10(14)8-1-4-11-12-9(8)16-7-2-5-15-6-3-7/h1,4,7H,2-3,5-6H2,(H,13,14). The minimum atomic E-state index is -0.954. The number of aromatic carboxylic acids is 1. The highest BCUT2D eigenvalue weighted by Gasteiger charge is 2.19. The first-order chi connectivity index (χ1) is 7.77. The van der Waals surface area contributed by atoms with E-state index >= 15 is 0 Å². The van der Waals surface area contributed by atoms with Gasteiger partial charge in [0.1, 0.15) is 5.03 Å². The summed E-state index contributed by atoms with van der Waals surface area (Å²) < 4.78 is 5.25. The summed E-state index contributed by atoms with van der Waals surface area (Å²) in [7, 11) is 0. The Morgan fingerprint density at radius 3 is 2.94 bits per heavy atom. The maximum Gasteiger partial charge on any atom is 0.338 e. The van der Waals surface area contributed by atoms with Crippen LogP contribution in [0.1, 0.15) is 23.2 Å². The number of thioether (sulfide) groups is 1. The molecule has 0 spiro atoms. The van der Waals surface area contributed by atoms with Crippen molar-refractivity contribution in [1.82, 2.24) is 10.2 Å². The van der Waals surface area contributed by atoms with Gasteiger partial charge in [-0.3, -0.25) is 0 Å². The minimum Gasteiger partial charge on any atom is -0.478 e. The van der Waals surface area contributed by atoms with Crippen LogP contribution < -0.4 is 0 Å². The molecule has 0 atom stereocenters. The number of hydrogen-bond donors (Lipinski definition) is 1. The van der Waals surface area contributed by atoms with E-state index in [1.165, 1.54) is 24.0 Å². The van der Waals surface area contributed by atoms with Crippen molar-refractivity contribution >= 4 is 17.7 Å². The molecule has 1 N–H and O–H groups in total. The average molecular weight is 240 g/mol. The van der Waals surface area contributed by atoms with Gasteiger partial charge in [-0.2, -0.15) is 5.10 Å². The molecule has 16 heavy (non-hydrogen) atoms. The first-order valence-electron chi connectivity index (χ1n) is 5.07. The molecule has 0 saturated carbocycles. The molecule has 5 nitrogen and oxygen atoms in total. The molecule has 0 amide bonds. The molecule has 0 bridgehead atoms. The predicted octanol–water partition coefficient (Wildman–Crippen LogP) is 1.45. The van der Waals surface area contributed by atoms with E-state index in [0.717, 1.165) is 26.1 Å². The van der Waals surface area contributed by atoms with Crippen molar-refractivity contribution in [2.75, 3.05) is 13.2 Å². The van der Waals surface area contributed by atoms with E-state index in [1.807, 2.05) is 0 Å². The summed E-state index contributed by atoms with van der Waals surface area (Å²) in [6.07, 6.45) is 3.26. The Morgan fingerprint density at radius 2 is 2.25 bits per heavy atom. The van der Waals surface area contributed by atoms with Crippen LogP contribution in [0.4, 0.5) is 0 Å². The molecule has 2 heterocycles. The van der Waals surface area contributed by atoms with Gasteiger partial charge in [0, 0.05) is 18.5 Å². The van der Waals surface area contributed by atoms with Gasteiger partial charge in [-0.1, -0.05) is 0 Å². The van der Waals surface area contributed by atoms with Crippen molar-refractivity contribution in [3.8, 4) is 0 Å². The normalized spacial score (nSPS) is 17.2. The third-order valence-corrected chi connectivity index (χ3v) is 3.69. The van der Waals surface area contributed by atoms with Crippen LogP contribution in [0.15, 0.2) is 17.3 Å². The first-order valence-corrected chi connectivity index (χ1v) is 5.94. The van der Waals surface area contributed by atoms with Crippen molar-refractivity contribution in [3.05, 3.63) is 17.8 Å². The van der Waals surface area contributed by atoms with Gasteiger partial charge in [-0.15, -0.1) is 16.9 Å². The second-order valence-electron chi connectivity index (χ2n) is 3.48. The van der Waals surface area contributed by atoms with Crippen LogP contribution in [0.3, 0.4) is 0 Å². The molecule has 1 fully saturated rings. The van der Waals surface area contributed by atoms with Crippen molar-refractivity contribution in [3.63, 3.8) is 0 Å². The molecule has 1 aromatic rings. The van der Waals surface area contributed by atoms with Crippen molar-refractivity contribution in [1.29, 1.82) is 0 Å². The lowest BCUT2D eigenvalue weighted by Crippen LogP contribution is -2.18. The largest absolute Gasteiger partial charge is 0.478 e. The molecule has 1 aromatic heterocycles. The van der Waals surface area contributed by atoms with Gasteiger partial charge in [0.15, 0.2) is 0 Å². The molecule has 0 radical (unpaired) electrons. The Labute approximate surface area is 97.2 Å². The summed E-state index contributed by atoms with van der Waals surface area (Å²) in [6.45, 7) is 1.47. The van der Waals surface area contributed by atoms with Crippen molar-refractivity contribution < 1.29 is 14.6 Å². The van der Waals surface area contributed by atoms with Crippen LogP contribution in [0, 0.1) is 0 Å². The zero-order chi connectivity index (χ0) is 11.4. The Balaban J connectivity index is 2.10. The van der Waals surface area contributed by atoms with Crippen LogP contribution in [0.5, 0.6) is 0 Å². The quantitative estimate of drug-likeness (QED) is 0.862. The SMILES string of the molecule is O=C(O)c1ccnnc1SC1CCOCC1. The van der Waals surface area contributed by atoms with E-state index in [2.05, 4.69) is 10.2 Å². The lowest BCUT2D eigenvalue weighted by atomic mass is 10.2. The van der Waals surface area contributed by atoms with Crippen LogP contribution in [0.25, 0.3) is 0 Å². The van der Waals surface area contributed by atoms with Gasteiger partial charge >= 0.3 is 5.97 Å². The summed E-state index contributed by atoms with van der Waals surface area (Å²) in [6, 6.07) is 1.48. The smallest absolute Gasteiger partial charge is 0.338 e. The summed E-state index contributed by atoms with van der Waals surface area (Å²) >= 11 is 1.49. The van der Waals surface area contributed by atoms with Gasteiger partial charge in [0.25, 0.3) is 0 Å². The zero-order valence-corrected chi connectivity index (χ0v) is 9.44. The number of carboxylic acids is 1. The molecule has 1 saturated heterocycles. The lowest BCUT2D eigenvalue weighted by molar-refractivity contribution is 0.0691. The first kappa shape index (κ1) is 11.3. The lowest BCUT2D eigenvalue weighted by Gasteiger charge is -2.21. The molecular formula is C10H12N2O3S. The Bertz CT molecular complexity index is 380. The molecule has 0 unspecified atom stereocenters. The van der Waals surface area contributed by atoms with E-state index in [0.29, 0.717) is 10.3 Å². The van der Waals surface area contributed by atoms with Crippen LogP contribution in [0.2, 0.25) is 0 Å². The summed E-state index contributed by atoms with van der Waals surface area (Å²) in [5.74, 6) is -0.954. The second kappa shape index (κ2) is 5.27. The molecule has 86 valence electrons. The fourth-order valence-corrected chi connectivity index (χ4v) is 2.64. The van der Waals surface area contributed by atoms with Crippen LogP contribution >= 0.6 is 11.8 Å². The maximum absolute atomic E-state index is 11.0. The maximum atomic E-state index is 11.0. The van der Waals surface area contributed by atoms with Crippen molar-refractivity contribution in [2.24, 2.45) is 0 Å². The molecule has 0 aliphatic carbocycles. The topological polar surface area (TPSA) is 72.3 Å². The number of nitrogens with zero attached hydrogens (tertiary/aromatic N) is 2. The van der Waals surface area contributed by atoms with Crippen LogP contribution in [-0.4, -0.2) is 39.7 Å². The fraction of sp³-hybridized carbons (Fsp3) is 0.500. The summed E-state index contributed by atoms with van der Waals surface area (Å²) in [5.41, 5.74) is 0.228. The van der Waals surface area contributed by atoms with E-state index < -0.39 is 5.97 Å². The molecule has 1 aliphatic heterocycles. The molecule has 0 aromatic carbocycles. The number of aromatic nitrogens is 2. The molecule has 1 aliphatic rings. The average Bonchev–Trinajstić information content (AvgIpc) is 2.31. The van der Waals surface area contributed by atoms with Gasteiger partial charge in [0.05, 0.1) is 11.8 Å². The second-order valence-corrected chi connectivity index (χ2v) is 4.77. The predicted molar refractivity (Wildman–Crippen MR) is 58.7 cm³/mol.